The topological polar surface area (TPSA) is 12.0 Å². The summed E-state index contributed by atoms with van der Waals surface area (Å²) in [7, 11) is 0. The third-order valence-corrected chi connectivity index (χ3v) is 3.16. The Bertz CT molecular complexity index is 623. The van der Waals surface area contributed by atoms with Crippen LogP contribution in [0.1, 0.15) is 5.56 Å². The van der Waals surface area contributed by atoms with Crippen molar-refractivity contribution in [1.29, 1.82) is 0 Å². The molecule has 0 amide bonds. The molecule has 0 bridgehead atoms. The lowest BCUT2D eigenvalue weighted by Gasteiger charge is -2.07. The summed E-state index contributed by atoms with van der Waals surface area (Å²) in [6.07, 6.45) is 0.856. The molecular weight excluding hydrogens is 239 g/mol. The normalized spacial score (nSPS) is 13.3. The fourth-order valence-corrected chi connectivity index (χ4v) is 2.22. The second-order valence-corrected chi connectivity index (χ2v) is 4.27. The summed E-state index contributed by atoms with van der Waals surface area (Å²) in [6, 6.07) is 7.55. The van der Waals surface area contributed by atoms with Crippen LogP contribution in [0.15, 0.2) is 30.3 Å². The molecule has 0 fully saturated rings. The van der Waals surface area contributed by atoms with Crippen LogP contribution in [0.5, 0.6) is 0 Å². The van der Waals surface area contributed by atoms with Crippen molar-refractivity contribution < 1.29 is 13.2 Å². The van der Waals surface area contributed by atoms with Gasteiger partial charge in [0.25, 0.3) is 0 Å². The highest BCUT2D eigenvalue weighted by molar-refractivity contribution is 5.70. The smallest absolute Gasteiger partial charge is 0.195 e. The second-order valence-electron chi connectivity index (χ2n) is 4.27. The van der Waals surface area contributed by atoms with Gasteiger partial charge in [-0.2, -0.15) is 0 Å². The summed E-state index contributed by atoms with van der Waals surface area (Å²) < 4.78 is 39.7. The molecule has 0 aliphatic carbocycles. The molecule has 0 radical (unpaired) electrons. The van der Waals surface area contributed by atoms with E-state index in [0.717, 1.165) is 30.3 Å². The number of rotatable bonds is 1. The van der Waals surface area contributed by atoms with E-state index < -0.39 is 17.5 Å². The largest absolute Gasteiger partial charge is 0.384 e. The van der Waals surface area contributed by atoms with Crippen LogP contribution in [0.2, 0.25) is 0 Å². The van der Waals surface area contributed by atoms with Gasteiger partial charge in [0.15, 0.2) is 17.5 Å². The SMILES string of the molecule is Fc1ccc(-c2ccc3c(c2)CCN3)c(F)c1F. The van der Waals surface area contributed by atoms with Gasteiger partial charge in [-0.3, -0.25) is 0 Å². The molecular formula is C14H10F3N. The van der Waals surface area contributed by atoms with Crippen molar-refractivity contribution in [3.63, 3.8) is 0 Å². The molecule has 18 heavy (non-hydrogen) atoms. The molecule has 0 unspecified atom stereocenters. The van der Waals surface area contributed by atoms with E-state index in [0.29, 0.717) is 5.56 Å². The summed E-state index contributed by atoms with van der Waals surface area (Å²) in [5.41, 5.74) is 2.73. The number of nitrogens with one attached hydrogen (secondary N) is 1. The molecule has 2 aromatic carbocycles. The number of benzene rings is 2. The molecule has 1 N–H and O–H groups in total. The van der Waals surface area contributed by atoms with Crippen LogP contribution >= 0.6 is 0 Å². The summed E-state index contributed by atoms with van der Waals surface area (Å²) in [6.45, 7) is 0.846. The van der Waals surface area contributed by atoms with Crippen LogP contribution in [0.25, 0.3) is 11.1 Å². The monoisotopic (exact) mass is 249 g/mol. The van der Waals surface area contributed by atoms with Crippen LogP contribution in [0.4, 0.5) is 18.9 Å². The highest BCUT2D eigenvalue weighted by Gasteiger charge is 2.16. The zero-order valence-corrected chi connectivity index (χ0v) is 9.43. The lowest BCUT2D eigenvalue weighted by molar-refractivity contribution is 0.449. The molecule has 1 nitrogen and oxygen atoms in total. The maximum Gasteiger partial charge on any atom is 0.195 e. The van der Waals surface area contributed by atoms with E-state index in [9.17, 15) is 13.2 Å². The van der Waals surface area contributed by atoms with Gasteiger partial charge in [-0.05, 0) is 41.8 Å². The molecule has 2 aromatic rings. The first kappa shape index (κ1) is 11.1. The molecule has 92 valence electrons. The van der Waals surface area contributed by atoms with Crippen molar-refractivity contribution in [1.82, 2.24) is 0 Å². The van der Waals surface area contributed by atoms with E-state index in [-0.39, 0.29) is 5.56 Å². The third kappa shape index (κ3) is 1.65. The number of hydrogen-bond acceptors (Lipinski definition) is 1. The zero-order chi connectivity index (χ0) is 12.7. The predicted octanol–water partition coefficient (Wildman–Crippen LogP) is 3.74. The molecule has 1 heterocycles. The molecule has 0 saturated carbocycles. The fourth-order valence-electron chi connectivity index (χ4n) is 2.22. The number of fused-ring (bicyclic) bond motifs is 1. The van der Waals surface area contributed by atoms with Gasteiger partial charge in [-0.1, -0.05) is 6.07 Å². The second kappa shape index (κ2) is 4.05. The van der Waals surface area contributed by atoms with E-state index in [4.69, 9.17) is 0 Å². The van der Waals surface area contributed by atoms with Crippen molar-refractivity contribution in [2.75, 3.05) is 11.9 Å². The Balaban J connectivity index is 2.13. The van der Waals surface area contributed by atoms with Crippen molar-refractivity contribution in [3.05, 3.63) is 53.3 Å². The van der Waals surface area contributed by atoms with Crippen molar-refractivity contribution in [2.45, 2.75) is 6.42 Å². The minimum Gasteiger partial charge on any atom is -0.384 e. The van der Waals surface area contributed by atoms with Crippen LogP contribution in [-0.4, -0.2) is 6.54 Å². The summed E-state index contributed by atoms with van der Waals surface area (Å²) in [5.74, 6) is -3.73. The van der Waals surface area contributed by atoms with Gasteiger partial charge >= 0.3 is 0 Å². The average Bonchev–Trinajstić information content (AvgIpc) is 2.83. The van der Waals surface area contributed by atoms with Gasteiger partial charge in [-0.15, -0.1) is 0 Å². The lowest BCUT2D eigenvalue weighted by Crippen LogP contribution is -1.94. The van der Waals surface area contributed by atoms with E-state index >= 15 is 0 Å². The summed E-state index contributed by atoms with van der Waals surface area (Å²) >= 11 is 0. The molecule has 1 aliphatic rings. The number of anilines is 1. The molecule has 1 aliphatic heterocycles. The minimum atomic E-state index is -1.42. The first-order chi connectivity index (χ1) is 8.66. The standard InChI is InChI=1S/C14H10F3N/c15-11-3-2-10(13(16)14(11)17)8-1-4-12-9(7-8)5-6-18-12/h1-4,7,18H,5-6H2. The Kier molecular flexibility index (Phi) is 2.51. The van der Waals surface area contributed by atoms with Gasteiger partial charge in [0.05, 0.1) is 0 Å². The Morgan fingerprint density at radius 3 is 2.61 bits per heavy atom. The Morgan fingerprint density at radius 2 is 1.78 bits per heavy atom. The van der Waals surface area contributed by atoms with Gasteiger partial charge in [0.1, 0.15) is 0 Å². The van der Waals surface area contributed by atoms with E-state index in [1.165, 1.54) is 6.07 Å². The van der Waals surface area contributed by atoms with E-state index in [1.807, 2.05) is 12.1 Å². The first-order valence-corrected chi connectivity index (χ1v) is 5.67. The van der Waals surface area contributed by atoms with Crippen LogP contribution in [-0.2, 0) is 6.42 Å². The highest BCUT2D eigenvalue weighted by atomic mass is 19.2. The molecule has 3 rings (SSSR count). The number of halogens is 3. The lowest BCUT2D eigenvalue weighted by atomic mass is 10.0. The van der Waals surface area contributed by atoms with Crippen molar-refractivity contribution in [3.8, 4) is 11.1 Å². The summed E-state index contributed by atoms with van der Waals surface area (Å²) in [4.78, 5) is 0. The van der Waals surface area contributed by atoms with Crippen LogP contribution < -0.4 is 5.32 Å². The van der Waals surface area contributed by atoms with E-state index in [1.54, 1.807) is 6.07 Å². The average molecular weight is 249 g/mol. The Hall–Kier alpha value is -1.97. The predicted molar refractivity (Wildman–Crippen MR) is 63.9 cm³/mol. The zero-order valence-electron chi connectivity index (χ0n) is 9.43. The molecule has 0 atom stereocenters. The third-order valence-electron chi connectivity index (χ3n) is 3.16. The van der Waals surface area contributed by atoms with Crippen LogP contribution in [0, 0.1) is 17.5 Å². The highest BCUT2D eigenvalue weighted by Crippen LogP contribution is 2.31. The van der Waals surface area contributed by atoms with Gasteiger partial charge < -0.3 is 5.32 Å². The molecule has 0 spiro atoms. The quantitative estimate of drug-likeness (QED) is 0.759. The van der Waals surface area contributed by atoms with Crippen LogP contribution in [0.3, 0.4) is 0 Å². The summed E-state index contributed by atoms with van der Waals surface area (Å²) in [5, 5.41) is 3.19. The fraction of sp³-hybridized carbons (Fsp3) is 0.143. The maximum absolute atomic E-state index is 13.7. The Labute approximate surface area is 102 Å². The minimum absolute atomic E-state index is 0.0867. The number of hydrogen-bond donors (Lipinski definition) is 1. The molecule has 0 saturated heterocycles. The Morgan fingerprint density at radius 1 is 0.944 bits per heavy atom. The van der Waals surface area contributed by atoms with Gasteiger partial charge in [0, 0.05) is 17.8 Å². The molecule has 4 heteroatoms. The van der Waals surface area contributed by atoms with Gasteiger partial charge in [-0.25, -0.2) is 13.2 Å². The van der Waals surface area contributed by atoms with Gasteiger partial charge in [0.2, 0.25) is 0 Å². The van der Waals surface area contributed by atoms with E-state index in [2.05, 4.69) is 5.32 Å². The molecule has 0 aromatic heterocycles. The first-order valence-electron chi connectivity index (χ1n) is 5.67. The van der Waals surface area contributed by atoms with Crippen molar-refractivity contribution >= 4 is 5.69 Å². The maximum atomic E-state index is 13.7. The van der Waals surface area contributed by atoms with Crippen molar-refractivity contribution in [2.24, 2.45) is 0 Å².